The number of aliphatic hydroxyl groups is 1. The zero-order valence-electron chi connectivity index (χ0n) is 18.4. The average Bonchev–Trinajstić information content (AvgIpc) is 3.03. The highest BCUT2D eigenvalue weighted by Crippen LogP contribution is 2.39. The third-order valence-corrected chi connectivity index (χ3v) is 5.90. The van der Waals surface area contributed by atoms with Crippen molar-refractivity contribution in [1.82, 2.24) is 19.8 Å². The maximum Gasteiger partial charge on any atom is 0.328 e. The Morgan fingerprint density at radius 3 is 2.42 bits per heavy atom. The number of β-amino-alcohol motifs (C(OH)–C–C–N with tert-alkyl or cyclic N) is 1. The van der Waals surface area contributed by atoms with Crippen LogP contribution in [0.3, 0.4) is 0 Å². The highest BCUT2D eigenvalue weighted by atomic mass is 16.3. The molecule has 1 aromatic heterocycles. The van der Waals surface area contributed by atoms with E-state index in [9.17, 15) is 14.7 Å². The molecule has 2 aliphatic rings. The lowest BCUT2D eigenvalue weighted by molar-refractivity contribution is -0.134. The fraction of sp³-hybridized carbons (Fsp3) is 0.409. The van der Waals surface area contributed by atoms with Gasteiger partial charge < -0.3 is 25.3 Å². The fourth-order valence-corrected chi connectivity index (χ4v) is 4.26. The molecule has 176 valence electrons. The van der Waals surface area contributed by atoms with Crippen LogP contribution in [-0.4, -0.2) is 87.2 Å². The molecular formula is C22H28N6O5. The van der Waals surface area contributed by atoms with E-state index in [1.807, 2.05) is 35.2 Å². The monoisotopic (exact) mass is 456 g/mol. The van der Waals surface area contributed by atoms with E-state index < -0.39 is 5.54 Å². The number of piperidine rings is 1. The third-order valence-electron chi connectivity index (χ3n) is 5.90. The van der Waals surface area contributed by atoms with Gasteiger partial charge in [0.2, 0.25) is 5.95 Å². The molecule has 11 nitrogen and oxygen atoms in total. The second-order valence-electron chi connectivity index (χ2n) is 7.65. The van der Waals surface area contributed by atoms with Crippen LogP contribution in [0.2, 0.25) is 0 Å². The molecule has 3 amide bonds. The molecule has 3 heterocycles. The van der Waals surface area contributed by atoms with Crippen molar-refractivity contribution in [3.05, 3.63) is 48.2 Å². The molecule has 1 aromatic carbocycles. The van der Waals surface area contributed by atoms with Gasteiger partial charge in [-0.2, -0.15) is 4.98 Å². The van der Waals surface area contributed by atoms with Crippen molar-refractivity contribution in [2.75, 3.05) is 43.5 Å². The molecule has 2 aromatic rings. The first-order valence-electron chi connectivity index (χ1n) is 10.6. The van der Waals surface area contributed by atoms with Crippen LogP contribution < -0.4 is 10.2 Å². The lowest BCUT2D eigenvalue weighted by Gasteiger charge is -2.42. The van der Waals surface area contributed by atoms with E-state index in [2.05, 4.69) is 15.3 Å². The number of rotatable bonds is 6. The van der Waals surface area contributed by atoms with Gasteiger partial charge in [0.1, 0.15) is 11.4 Å². The minimum atomic E-state index is -0.904. The number of nitrogens with zero attached hydrogens (tertiary/aromatic N) is 5. The summed E-state index contributed by atoms with van der Waals surface area (Å²) in [5.41, 5.74) is 0.0653. The Bertz CT molecular complexity index is 965. The second-order valence-corrected chi connectivity index (χ2v) is 7.65. The molecule has 1 spiro atoms. The molecule has 0 atom stereocenters. The number of amides is 3. The van der Waals surface area contributed by atoms with Crippen molar-refractivity contribution in [1.29, 1.82) is 0 Å². The van der Waals surface area contributed by atoms with Gasteiger partial charge in [-0.3, -0.25) is 14.5 Å². The van der Waals surface area contributed by atoms with Crippen LogP contribution in [0.25, 0.3) is 0 Å². The molecule has 2 aliphatic heterocycles. The molecule has 0 bridgehead atoms. The number of anilines is 2. The number of nitrogens with one attached hydrogen (secondary N) is 1. The maximum absolute atomic E-state index is 13.3. The van der Waals surface area contributed by atoms with Gasteiger partial charge in [-0.15, -0.1) is 0 Å². The topological polar surface area (TPSA) is 139 Å². The number of imide groups is 1. The van der Waals surface area contributed by atoms with E-state index in [1.54, 1.807) is 24.2 Å². The summed E-state index contributed by atoms with van der Waals surface area (Å²) < 4.78 is 0. The van der Waals surface area contributed by atoms with Crippen LogP contribution in [0.4, 0.5) is 16.6 Å². The van der Waals surface area contributed by atoms with E-state index in [-0.39, 0.29) is 31.6 Å². The molecule has 11 heteroatoms. The van der Waals surface area contributed by atoms with Crippen LogP contribution in [0.1, 0.15) is 18.4 Å². The first-order chi connectivity index (χ1) is 16.0. The zero-order chi connectivity index (χ0) is 23.8. The summed E-state index contributed by atoms with van der Waals surface area (Å²) in [7, 11) is 1.80. The summed E-state index contributed by atoms with van der Waals surface area (Å²) in [5, 5.41) is 19.3. The SMILES string of the molecule is CNc1ccnc(N2CCC3(CC2)C(=O)N(CCO)C(=O)N3Cc2ccccc2)n1.O=CO. The third kappa shape index (κ3) is 4.87. The molecule has 0 radical (unpaired) electrons. The summed E-state index contributed by atoms with van der Waals surface area (Å²) in [5.74, 6) is 1.12. The summed E-state index contributed by atoms with van der Waals surface area (Å²) in [4.78, 5) is 48.5. The van der Waals surface area contributed by atoms with E-state index >= 15 is 0 Å². The summed E-state index contributed by atoms with van der Waals surface area (Å²) >= 11 is 0. The first-order valence-corrected chi connectivity index (χ1v) is 10.6. The Balaban J connectivity index is 0.000000968. The van der Waals surface area contributed by atoms with Gasteiger partial charge in [0.25, 0.3) is 12.4 Å². The molecule has 0 aliphatic carbocycles. The van der Waals surface area contributed by atoms with Crippen LogP contribution in [0.5, 0.6) is 0 Å². The number of aliphatic hydroxyl groups excluding tert-OH is 1. The second kappa shape index (κ2) is 10.7. The molecular weight excluding hydrogens is 428 g/mol. The Hall–Kier alpha value is -3.73. The lowest BCUT2D eigenvalue weighted by atomic mass is 9.85. The quantitative estimate of drug-likeness (QED) is 0.429. The molecule has 4 rings (SSSR count). The Morgan fingerprint density at radius 2 is 1.82 bits per heavy atom. The summed E-state index contributed by atoms with van der Waals surface area (Å²) in [6.45, 7) is 0.999. The predicted molar refractivity (Wildman–Crippen MR) is 121 cm³/mol. The standard InChI is InChI=1S/C21H26N6O3.CH2O2/c1-22-17-7-10-23-19(24-17)25-11-8-21(9-12-25)18(29)26(13-14-28)20(30)27(21)15-16-5-3-2-4-6-16;2-1-3/h2-7,10,28H,8-9,11-15H2,1H3,(H,22,23,24);1H,(H,2,3). The van der Waals surface area contributed by atoms with Crippen LogP contribution in [0.15, 0.2) is 42.6 Å². The van der Waals surface area contributed by atoms with Gasteiger partial charge in [0.05, 0.1) is 13.2 Å². The molecule has 0 unspecified atom stereocenters. The highest BCUT2D eigenvalue weighted by Gasteiger charge is 2.57. The van der Waals surface area contributed by atoms with Crippen molar-refractivity contribution in [3.8, 4) is 0 Å². The van der Waals surface area contributed by atoms with Gasteiger partial charge >= 0.3 is 6.03 Å². The van der Waals surface area contributed by atoms with Gasteiger partial charge in [-0.25, -0.2) is 9.78 Å². The normalized spacial score (nSPS) is 17.1. The number of hydrogen-bond donors (Lipinski definition) is 3. The van der Waals surface area contributed by atoms with E-state index in [0.717, 1.165) is 11.4 Å². The van der Waals surface area contributed by atoms with Gasteiger partial charge in [-0.05, 0) is 24.5 Å². The first kappa shape index (κ1) is 23.9. The lowest BCUT2D eigenvalue weighted by Crippen LogP contribution is -2.56. The molecule has 0 saturated carbocycles. The largest absolute Gasteiger partial charge is 0.483 e. The maximum atomic E-state index is 13.3. The van der Waals surface area contributed by atoms with E-state index in [0.29, 0.717) is 38.4 Å². The van der Waals surface area contributed by atoms with Crippen molar-refractivity contribution in [2.45, 2.75) is 24.9 Å². The van der Waals surface area contributed by atoms with E-state index in [1.165, 1.54) is 4.90 Å². The van der Waals surface area contributed by atoms with Crippen molar-refractivity contribution in [2.24, 2.45) is 0 Å². The van der Waals surface area contributed by atoms with Crippen LogP contribution >= 0.6 is 0 Å². The van der Waals surface area contributed by atoms with Gasteiger partial charge in [0.15, 0.2) is 0 Å². The number of hydrogen-bond acceptors (Lipinski definition) is 8. The number of urea groups is 1. The van der Waals surface area contributed by atoms with Crippen molar-refractivity contribution in [3.63, 3.8) is 0 Å². The number of benzene rings is 1. The van der Waals surface area contributed by atoms with Crippen molar-refractivity contribution >= 4 is 30.2 Å². The Morgan fingerprint density at radius 1 is 1.15 bits per heavy atom. The zero-order valence-corrected chi connectivity index (χ0v) is 18.4. The number of carbonyl (C=O) groups is 3. The minimum Gasteiger partial charge on any atom is -0.483 e. The summed E-state index contributed by atoms with van der Waals surface area (Å²) in [6, 6.07) is 11.1. The number of aromatic nitrogens is 2. The molecule has 2 saturated heterocycles. The highest BCUT2D eigenvalue weighted by molar-refractivity contribution is 6.07. The van der Waals surface area contributed by atoms with Gasteiger partial charge in [0, 0.05) is 32.9 Å². The van der Waals surface area contributed by atoms with E-state index in [4.69, 9.17) is 9.90 Å². The molecule has 33 heavy (non-hydrogen) atoms. The fourth-order valence-electron chi connectivity index (χ4n) is 4.26. The van der Waals surface area contributed by atoms with Crippen LogP contribution in [0, 0.1) is 0 Å². The molecule has 2 fully saturated rings. The van der Waals surface area contributed by atoms with Gasteiger partial charge in [-0.1, -0.05) is 30.3 Å². The molecule has 3 N–H and O–H groups in total. The van der Waals surface area contributed by atoms with Crippen LogP contribution in [-0.2, 0) is 16.1 Å². The predicted octanol–water partition coefficient (Wildman–Crippen LogP) is 1.01. The number of carbonyl (C=O) groups excluding carboxylic acids is 2. The summed E-state index contributed by atoms with van der Waals surface area (Å²) in [6.07, 6.45) is 2.67. The average molecular weight is 457 g/mol. The minimum absolute atomic E-state index is 0.0156. The van der Waals surface area contributed by atoms with Crippen molar-refractivity contribution < 1.29 is 24.6 Å². The number of carboxylic acid groups (broad SMARTS) is 1. The Labute approximate surface area is 191 Å². The Kier molecular flexibility index (Phi) is 7.78. The smallest absolute Gasteiger partial charge is 0.328 e.